The third-order valence-corrected chi connectivity index (χ3v) is 3.28. The highest BCUT2D eigenvalue weighted by atomic mass is 35.5. The Bertz CT molecular complexity index is 627. The van der Waals surface area contributed by atoms with Gasteiger partial charge in [0.25, 0.3) is 0 Å². The molecule has 2 amide bonds. The van der Waals surface area contributed by atoms with Gasteiger partial charge in [-0.3, -0.25) is 0 Å². The summed E-state index contributed by atoms with van der Waals surface area (Å²) in [5.41, 5.74) is 2.66. The molecule has 0 atom stereocenters. The molecule has 4 nitrogen and oxygen atoms in total. The Morgan fingerprint density at radius 1 is 1.19 bits per heavy atom. The number of ether oxygens (including phenoxy) is 1. The molecule has 0 aliphatic heterocycles. The molecule has 2 rings (SSSR count). The maximum atomic E-state index is 11.9. The molecule has 2 aromatic rings. The fourth-order valence-corrected chi connectivity index (χ4v) is 2.09. The number of nitrogens with one attached hydrogen (secondary N) is 2. The predicted octanol–water partition coefficient (Wildman–Crippen LogP) is 3.98. The number of carbonyl (C=O) groups excluding carboxylic acids is 1. The molecule has 0 saturated carbocycles. The second kappa shape index (κ2) is 6.99. The number of aryl methyl sites for hydroxylation is 1. The first-order valence-electron chi connectivity index (χ1n) is 6.52. The average Bonchev–Trinajstić information content (AvgIpc) is 2.48. The summed E-state index contributed by atoms with van der Waals surface area (Å²) in [5.74, 6) is 0.792. The molecule has 0 heterocycles. The molecule has 0 fully saturated rings. The number of urea groups is 1. The van der Waals surface area contributed by atoms with Crippen molar-refractivity contribution in [3.63, 3.8) is 0 Å². The van der Waals surface area contributed by atoms with E-state index in [0.717, 1.165) is 22.6 Å². The van der Waals surface area contributed by atoms with E-state index in [-0.39, 0.29) is 6.03 Å². The Hall–Kier alpha value is -2.20. The maximum Gasteiger partial charge on any atom is 0.319 e. The molecular formula is C16H17ClN2O2. The fraction of sp³-hybridized carbons (Fsp3) is 0.188. The third kappa shape index (κ3) is 4.39. The van der Waals surface area contributed by atoms with Gasteiger partial charge in [0.15, 0.2) is 0 Å². The predicted molar refractivity (Wildman–Crippen MR) is 85.0 cm³/mol. The van der Waals surface area contributed by atoms with Crippen LogP contribution in [0, 0.1) is 6.92 Å². The Morgan fingerprint density at radius 3 is 2.52 bits per heavy atom. The molecule has 2 N–H and O–H groups in total. The topological polar surface area (TPSA) is 50.4 Å². The quantitative estimate of drug-likeness (QED) is 0.897. The molecule has 5 heteroatoms. The Labute approximate surface area is 129 Å². The second-order valence-electron chi connectivity index (χ2n) is 4.61. The number of amides is 2. The van der Waals surface area contributed by atoms with Gasteiger partial charge in [-0.2, -0.15) is 0 Å². The normalized spacial score (nSPS) is 10.0. The standard InChI is InChI=1S/C16H17ClN2O2/c1-11-9-13(17)5-8-15(11)19-16(20)18-10-12-3-6-14(21-2)7-4-12/h3-9H,10H2,1-2H3,(H2,18,19,20). The van der Waals surface area contributed by atoms with Crippen molar-refractivity contribution in [1.82, 2.24) is 5.32 Å². The van der Waals surface area contributed by atoms with Gasteiger partial charge in [0.05, 0.1) is 7.11 Å². The van der Waals surface area contributed by atoms with E-state index >= 15 is 0 Å². The smallest absolute Gasteiger partial charge is 0.319 e. The van der Waals surface area contributed by atoms with Crippen LogP contribution in [0.25, 0.3) is 0 Å². The highest BCUT2D eigenvalue weighted by molar-refractivity contribution is 6.30. The molecule has 0 bridgehead atoms. The lowest BCUT2D eigenvalue weighted by molar-refractivity contribution is 0.251. The number of benzene rings is 2. The van der Waals surface area contributed by atoms with Crippen LogP contribution in [0.2, 0.25) is 5.02 Å². The minimum absolute atomic E-state index is 0.253. The molecule has 110 valence electrons. The van der Waals surface area contributed by atoms with Crippen molar-refractivity contribution < 1.29 is 9.53 Å². The summed E-state index contributed by atoms with van der Waals surface area (Å²) in [6.45, 7) is 2.34. The highest BCUT2D eigenvalue weighted by Gasteiger charge is 2.04. The van der Waals surface area contributed by atoms with Crippen molar-refractivity contribution in [2.75, 3.05) is 12.4 Å². The van der Waals surface area contributed by atoms with E-state index in [2.05, 4.69) is 10.6 Å². The first-order valence-corrected chi connectivity index (χ1v) is 6.90. The third-order valence-electron chi connectivity index (χ3n) is 3.05. The molecule has 2 aromatic carbocycles. The minimum atomic E-state index is -0.253. The van der Waals surface area contributed by atoms with Crippen molar-refractivity contribution in [2.24, 2.45) is 0 Å². The van der Waals surface area contributed by atoms with Gasteiger partial charge < -0.3 is 15.4 Å². The molecule has 0 aliphatic rings. The van der Waals surface area contributed by atoms with Gasteiger partial charge in [0.2, 0.25) is 0 Å². The van der Waals surface area contributed by atoms with Crippen molar-refractivity contribution in [2.45, 2.75) is 13.5 Å². The first-order chi connectivity index (χ1) is 10.1. The van der Waals surface area contributed by atoms with Crippen LogP contribution < -0.4 is 15.4 Å². The zero-order valence-electron chi connectivity index (χ0n) is 11.9. The monoisotopic (exact) mass is 304 g/mol. The fourth-order valence-electron chi connectivity index (χ4n) is 1.86. The van der Waals surface area contributed by atoms with Crippen LogP contribution in [0.1, 0.15) is 11.1 Å². The van der Waals surface area contributed by atoms with Gasteiger partial charge in [-0.25, -0.2) is 4.79 Å². The van der Waals surface area contributed by atoms with Crippen LogP contribution in [0.5, 0.6) is 5.75 Å². The van der Waals surface area contributed by atoms with E-state index in [9.17, 15) is 4.79 Å². The molecule has 0 aromatic heterocycles. The molecule has 21 heavy (non-hydrogen) atoms. The lowest BCUT2D eigenvalue weighted by Crippen LogP contribution is -2.28. The summed E-state index contributed by atoms with van der Waals surface area (Å²) in [6.07, 6.45) is 0. The van der Waals surface area contributed by atoms with Gasteiger partial charge in [-0.15, -0.1) is 0 Å². The average molecular weight is 305 g/mol. The number of hydrogen-bond donors (Lipinski definition) is 2. The highest BCUT2D eigenvalue weighted by Crippen LogP contribution is 2.19. The molecule has 0 aliphatic carbocycles. The Balaban J connectivity index is 1.89. The second-order valence-corrected chi connectivity index (χ2v) is 5.05. The number of rotatable bonds is 4. The summed E-state index contributed by atoms with van der Waals surface area (Å²) >= 11 is 5.88. The lowest BCUT2D eigenvalue weighted by Gasteiger charge is -2.10. The van der Waals surface area contributed by atoms with Crippen molar-refractivity contribution >= 4 is 23.3 Å². The van der Waals surface area contributed by atoms with E-state index in [1.165, 1.54) is 0 Å². The van der Waals surface area contributed by atoms with Gasteiger partial charge in [-0.1, -0.05) is 23.7 Å². The minimum Gasteiger partial charge on any atom is -0.497 e. The van der Waals surface area contributed by atoms with Crippen LogP contribution in [0.15, 0.2) is 42.5 Å². The van der Waals surface area contributed by atoms with Crippen molar-refractivity contribution in [1.29, 1.82) is 0 Å². The molecule has 0 saturated heterocycles. The molecule has 0 radical (unpaired) electrons. The van der Waals surface area contributed by atoms with E-state index in [4.69, 9.17) is 16.3 Å². The van der Waals surface area contributed by atoms with Crippen LogP contribution >= 0.6 is 11.6 Å². The van der Waals surface area contributed by atoms with Crippen LogP contribution in [-0.2, 0) is 6.54 Å². The lowest BCUT2D eigenvalue weighted by atomic mass is 10.2. The number of carbonyl (C=O) groups is 1. The SMILES string of the molecule is COc1ccc(CNC(=O)Nc2ccc(Cl)cc2C)cc1. The van der Waals surface area contributed by atoms with Gasteiger partial charge >= 0.3 is 6.03 Å². The Kier molecular flexibility index (Phi) is 5.06. The number of halogens is 1. The van der Waals surface area contributed by atoms with Crippen LogP contribution in [0.4, 0.5) is 10.5 Å². The summed E-state index contributed by atoms with van der Waals surface area (Å²) in [6, 6.07) is 12.6. The summed E-state index contributed by atoms with van der Waals surface area (Å²) in [7, 11) is 1.62. The summed E-state index contributed by atoms with van der Waals surface area (Å²) in [5, 5.41) is 6.25. The summed E-state index contributed by atoms with van der Waals surface area (Å²) < 4.78 is 5.09. The van der Waals surface area contributed by atoms with Crippen LogP contribution in [-0.4, -0.2) is 13.1 Å². The zero-order chi connectivity index (χ0) is 15.2. The van der Waals surface area contributed by atoms with Gasteiger partial charge in [0, 0.05) is 17.3 Å². The molecular weight excluding hydrogens is 288 g/mol. The number of anilines is 1. The van der Waals surface area contributed by atoms with Crippen molar-refractivity contribution in [3.05, 3.63) is 58.6 Å². The number of methoxy groups -OCH3 is 1. The Morgan fingerprint density at radius 2 is 1.90 bits per heavy atom. The van der Waals surface area contributed by atoms with E-state index in [0.29, 0.717) is 11.6 Å². The van der Waals surface area contributed by atoms with E-state index in [1.807, 2.05) is 31.2 Å². The van der Waals surface area contributed by atoms with E-state index < -0.39 is 0 Å². The number of hydrogen-bond acceptors (Lipinski definition) is 2. The van der Waals surface area contributed by atoms with Gasteiger partial charge in [0.1, 0.15) is 5.75 Å². The van der Waals surface area contributed by atoms with Crippen molar-refractivity contribution in [3.8, 4) is 5.75 Å². The first kappa shape index (κ1) is 15.2. The molecule has 0 spiro atoms. The van der Waals surface area contributed by atoms with Gasteiger partial charge in [-0.05, 0) is 48.4 Å². The molecule has 0 unspecified atom stereocenters. The van der Waals surface area contributed by atoms with E-state index in [1.54, 1.807) is 25.3 Å². The maximum absolute atomic E-state index is 11.9. The summed E-state index contributed by atoms with van der Waals surface area (Å²) in [4.78, 5) is 11.9. The zero-order valence-corrected chi connectivity index (χ0v) is 12.7. The van der Waals surface area contributed by atoms with Crippen LogP contribution in [0.3, 0.4) is 0 Å². The largest absolute Gasteiger partial charge is 0.497 e.